The number of carboxylic acid groups (broad SMARTS) is 1. The molecular formula is C23H20ClNO3. The first kappa shape index (κ1) is 19.6. The van der Waals surface area contributed by atoms with Gasteiger partial charge in [-0.1, -0.05) is 73.1 Å². The van der Waals surface area contributed by atoms with Crippen LogP contribution in [0.2, 0.25) is 5.02 Å². The van der Waals surface area contributed by atoms with E-state index in [0.717, 1.165) is 5.56 Å². The predicted octanol–water partition coefficient (Wildman–Crippen LogP) is 5.24. The molecule has 28 heavy (non-hydrogen) atoms. The Balaban J connectivity index is 1.82. The lowest BCUT2D eigenvalue weighted by Crippen LogP contribution is -2.27. The van der Waals surface area contributed by atoms with E-state index >= 15 is 0 Å². The van der Waals surface area contributed by atoms with Crippen LogP contribution in [-0.2, 0) is 0 Å². The van der Waals surface area contributed by atoms with E-state index in [0.29, 0.717) is 28.3 Å². The normalized spacial score (nSPS) is 11.6. The molecule has 1 atom stereocenters. The SMILES string of the molecule is C[C@H](CNC(=O)c1cc(-c2ccccc2C(=O)O)ccc1Cl)c1ccccc1. The number of hydrogen-bond donors (Lipinski definition) is 2. The first-order valence-electron chi connectivity index (χ1n) is 8.92. The van der Waals surface area contributed by atoms with E-state index in [1.165, 1.54) is 6.07 Å². The number of halogens is 1. The molecule has 3 rings (SSSR count). The van der Waals surface area contributed by atoms with Crippen LogP contribution >= 0.6 is 11.6 Å². The van der Waals surface area contributed by atoms with Crippen molar-refractivity contribution >= 4 is 23.5 Å². The van der Waals surface area contributed by atoms with Crippen molar-refractivity contribution in [2.75, 3.05) is 6.54 Å². The summed E-state index contributed by atoms with van der Waals surface area (Å²) in [7, 11) is 0. The van der Waals surface area contributed by atoms with Gasteiger partial charge in [0, 0.05) is 6.54 Å². The summed E-state index contributed by atoms with van der Waals surface area (Å²) in [4.78, 5) is 24.2. The van der Waals surface area contributed by atoms with E-state index in [9.17, 15) is 14.7 Å². The highest BCUT2D eigenvalue weighted by atomic mass is 35.5. The van der Waals surface area contributed by atoms with Crippen molar-refractivity contribution in [1.82, 2.24) is 5.32 Å². The molecule has 1 amide bonds. The van der Waals surface area contributed by atoms with Crippen molar-refractivity contribution in [3.8, 4) is 11.1 Å². The van der Waals surface area contributed by atoms with Crippen molar-refractivity contribution in [3.05, 3.63) is 94.5 Å². The molecule has 0 aliphatic rings. The van der Waals surface area contributed by atoms with Crippen LogP contribution in [0.3, 0.4) is 0 Å². The first-order chi connectivity index (χ1) is 13.5. The molecule has 4 nitrogen and oxygen atoms in total. The van der Waals surface area contributed by atoms with Crippen LogP contribution in [-0.4, -0.2) is 23.5 Å². The third kappa shape index (κ3) is 4.41. The molecule has 142 valence electrons. The van der Waals surface area contributed by atoms with Gasteiger partial charge >= 0.3 is 5.97 Å². The summed E-state index contributed by atoms with van der Waals surface area (Å²) in [6.45, 7) is 2.51. The zero-order chi connectivity index (χ0) is 20.1. The lowest BCUT2D eigenvalue weighted by atomic mass is 9.97. The molecular weight excluding hydrogens is 374 g/mol. The second-order valence-electron chi connectivity index (χ2n) is 6.57. The number of nitrogens with one attached hydrogen (secondary N) is 1. The van der Waals surface area contributed by atoms with E-state index in [1.807, 2.05) is 37.3 Å². The highest BCUT2D eigenvalue weighted by Gasteiger charge is 2.16. The van der Waals surface area contributed by atoms with E-state index < -0.39 is 5.97 Å². The summed E-state index contributed by atoms with van der Waals surface area (Å²) in [5.74, 6) is -1.16. The molecule has 0 bridgehead atoms. The maximum Gasteiger partial charge on any atom is 0.336 e. The first-order valence-corrected chi connectivity index (χ1v) is 9.30. The van der Waals surface area contributed by atoms with Crippen molar-refractivity contribution in [1.29, 1.82) is 0 Å². The number of carboxylic acids is 1. The summed E-state index contributed by atoms with van der Waals surface area (Å²) in [5, 5.41) is 12.6. The third-order valence-corrected chi connectivity index (χ3v) is 4.95. The minimum atomic E-state index is -1.02. The molecule has 3 aromatic carbocycles. The Morgan fingerprint density at radius 2 is 1.64 bits per heavy atom. The molecule has 0 aliphatic carbocycles. The van der Waals surface area contributed by atoms with Gasteiger partial charge < -0.3 is 10.4 Å². The van der Waals surface area contributed by atoms with Crippen molar-refractivity contribution in [2.24, 2.45) is 0 Å². The average Bonchev–Trinajstić information content (AvgIpc) is 2.72. The van der Waals surface area contributed by atoms with Crippen LogP contribution in [0.15, 0.2) is 72.8 Å². The largest absolute Gasteiger partial charge is 0.478 e. The van der Waals surface area contributed by atoms with Gasteiger partial charge in [-0.2, -0.15) is 0 Å². The Morgan fingerprint density at radius 3 is 2.36 bits per heavy atom. The molecule has 3 aromatic rings. The van der Waals surface area contributed by atoms with Crippen LogP contribution in [0.5, 0.6) is 0 Å². The van der Waals surface area contributed by atoms with Crippen LogP contribution in [0, 0.1) is 0 Å². The van der Waals surface area contributed by atoms with Gasteiger partial charge in [-0.05, 0) is 40.8 Å². The standard InChI is InChI=1S/C23H20ClNO3/c1-15(16-7-3-2-4-8-16)14-25-22(26)20-13-17(11-12-21(20)24)18-9-5-6-10-19(18)23(27)28/h2-13,15H,14H2,1H3,(H,25,26)(H,27,28)/t15-/m1/s1. The second kappa shape index (κ2) is 8.72. The Morgan fingerprint density at radius 1 is 0.964 bits per heavy atom. The summed E-state index contributed by atoms with van der Waals surface area (Å²) in [5.41, 5.74) is 2.80. The smallest absolute Gasteiger partial charge is 0.336 e. The van der Waals surface area contributed by atoms with Crippen LogP contribution in [0.4, 0.5) is 0 Å². The number of benzene rings is 3. The number of hydrogen-bond acceptors (Lipinski definition) is 2. The summed E-state index contributed by atoms with van der Waals surface area (Å²) in [6, 6.07) is 21.6. The second-order valence-corrected chi connectivity index (χ2v) is 6.97. The minimum absolute atomic E-state index is 0.153. The zero-order valence-corrected chi connectivity index (χ0v) is 16.1. The number of carbonyl (C=O) groups is 2. The lowest BCUT2D eigenvalue weighted by Gasteiger charge is -2.14. The van der Waals surface area contributed by atoms with E-state index in [4.69, 9.17) is 11.6 Å². The molecule has 0 radical (unpaired) electrons. The van der Waals surface area contributed by atoms with Crippen molar-refractivity contribution < 1.29 is 14.7 Å². The number of rotatable bonds is 6. The van der Waals surface area contributed by atoms with Gasteiger partial charge in [-0.15, -0.1) is 0 Å². The minimum Gasteiger partial charge on any atom is -0.478 e. The van der Waals surface area contributed by atoms with Gasteiger partial charge in [0.15, 0.2) is 0 Å². The van der Waals surface area contributed by atoms with Crippen LogP contribution < -0.4 is 5.32 Å². The number of amides is 1. The Hall–Kier alpha value is -3.11. The fourth-order valence-corrected chi connectivity index (χ4v) is 3.23. The van der Waals surface area contributed by atoms with E-state index in [-0.39, 0.29) is 17.4 Å². The molecule has 0 heterocycles. The molecule has 0 saturated carbocycles. The fraction of sp³-hybridized carbons (Fsp3) is 0.130. The maximum absolute atomic E-state index is 12.7. The van der Waals surface area contributed by atoms with Gasteiger partial charge in [-0.25, -0.2) is 4.79 Å². The monoisotopic (exact) mass is 393 g/mol. The van der Waals surface area contributed by atoms with Crippen LogP contribution in [0.25, 0.3) is 11.1 Å². The summed E-state index contributed by atoms with van der Waals surface area (Å²) >= 11 is 6.24. The quantitative estimate of drug-likeness (QED) is 0.601. The molecule has 0 aliphatic heterocycles. The number of carbonyl (C=O) groups excluding carboxylic acids is 1. The maximum atomic E-state index is 12.7. The zero-order valence-electron chi connectivity index (χ0n) is 15.4. The van der Waals surface area contributed by atoms with E-state index in [2.05, 4.69) is 5.32 Å². The molecule has 0 spiro atoms. The molecule has 0 saturated heterocycles. The van der Waals surface area contributed by atoms with Crippen LogP contribution in [0.1, 0.15) is 39.1 Å². The molecule has 2 N–H and O–H groups in total. The average molecular weight is 394 g/mol. The fourth-order valence-electron chi connectivity index (χ4n) is 3.03. The Bertz CT molecular complexity index is 1000. The van der Waals surface area contributed by atoms with Crippen molar-refractivity contribution in [3.63, 3.8) is 0 Å². The topological polar surface area (TPSA) is 66.4 Å². The molecule has 5 heteroatoms. The van der Waals surface area contributed by atoms with Gasteiger partial charge in [-0.3, -0.25) is 4.79 Å². The Kier molecular flexibility index (Phi) is 6.12. The van der Waals surface area contributed by atoms with Gasteiger partial charge in [0.1, 0.15) is 0 Å². The summed E-state index contributed by atoms with van der Waals surface area (Å²) in [6.07, 6.45) is 0. The highest BCUT2D eigenvalue weighted by molar-refractivity contribution is 6.34. The van der Waals surface area contributed by atoms with E-state index in [1.54, 1.807) is 36.4 Å². The van der Waals surface area contributed by atoms with Gasteiger partial charge in [0.25, 0.3) is 5.91 Å². The molecule has 0 fully saturated rings. The molecule has 0 unspecified atom stereocenters. The van der Waals surface area contributed by atoms with Crippen molar-refractivity contribution in [2.45, 2.75) is 12.8 Å². The molecule has 0 aromatic heterocycles. The highest BCUT2D eigenvalue weighted by Crippen LogP contribution is 2.28. The third-order valence-electron chi connectivity index (χ3n) is 4.62. The summed E-state index contributed by atoms with van der Waals surface area (Å²) < 4.78 is 0. The lowest BCUT2D eigenvalue weighted by molar-refractivity contribution is 0.0697. The number of aromatic carboxylic acids is 1. The Labute approximate surface area is 168 Å². The van der Waals surface area contributed by atoms with Gasteiger partial charge in [0.05, 0.1) is 16.1 Å². The predicted molar refractivity (Wildman–Crippen MR) is 111 cm³/mol. The van der Waals surface area contributed by atoms with Gasteiger partial charge in [0.2, 0.25) is 0 Å².